The van der Waals surface area contributed by atoms with Crippen LogP contribution in [0.5, 0.6) is 0 Å². The first-order valence-corrected chi connectivity index (χ1v) is 7.85. The van der Waals surface area contributed by atoms with E-state index in [0.717, 1.165) is 0 Å². The smallest absolute Gasteiger partial charge is 0.410 e. The molecule has 0 aliphatic carbocycles. The molecule has 0 bridgehead atoms. The third-order valence-corrected chi connectivity index (χ3v) is 3.80. The number of halogens is 2. The third kappa shape index (κ3) is 4.14. The molecule has 0 aromatic carbocycles. The molecule has 1 aliphatic heterocycles. The number of hydrogen-bond acceptors (Lipinski definition) is 4. The van der Waals surface area contributed by atoms with Crippen molar-refractivity contribution < 1.29 is 9.53 Å². The maximum absolute atomic E-state index is 12.0. The predicted molar refractivity (Wildman–Crippen MR) is 84.6 cm³/mol. The van der Waals surface area contributed by atoms with Crippen molar-refractivity contribution in [3.05, 3.63) is 26.9 Å². The summed E-state index contributed by atoms with van der Waals surface area (Å²) >= 11 is 11.6. The van der Waals surface area contributed by atoms with Crippen LogP contribution >= 0.6 is 23.2 Å². The third-order valence-electron chi connectivity index (χ3n) is 3.37. The van der Waals surface area contributed by atoms with Crippen LogP contribution in [0, 0.1) is 0 Å². The number of rotatable bonds is 1. The number of likely N-dealkylation sites (tertiary alicyclic amines) is 1. The molecule has 8 heteroatoms. The van der Waals surface area contributed by atoms with Gasteiger partial charge in [0.25, 0.3) is 5.56 Å². The fourth-order valence-corrected chi connectivity index (χ4v) is 2.80. The average molecular weight is 348 g/mol. The van der Waals surface area contributed by atoms with Crippen molar-refractivity contribution >= 4 is 29.3 Å². The van der Waals surface area contributed by atoms with E-state index in [2.05, 4.69) is 4.98 Å². The Morgan fingerprint density at radius 1 is 1.32 bits per heavy atom. The van der Waals surface area contributed by atoms with Crippen LogP contribution < -0.4 is 5.56 Å². The summed E-state index contributed by atoms with van der Waals surface area (Å²) in [6.07, 6.45) is 2.43. The van der Waals surface area contributed by atoms with Crippen LogP contribution in [0.3, 0.4) is 0 Å². The second kappa shape index (κ2) is 6.46. The van der Waals surface area contributed by atoms with Crippen LogP contribution in [0.4, 0.5) is 4.79 Å². The number of carbonyl (C=O) groups is 1. The highest BCUT2D eigenvalue weighted by Crippen LogP contribution is 2.23. The molecule has 22 heavy (non-hydrogen) atoms. The first-order chi connectivity index (χ1) is 10.2. The van der Waals surface area contributed by atoms with E-state index < -0.39 is 5.60 Å². The van der Waals surface area contributed by atoms with Crippen LogP contribution in [0.15, 0.2) is 11.0 Å². The van der Waals surface area contributed by atoms with Gasteiger partial charge in [-0.05, 0) is 33.6 Å². The van der Waals surface area contributed by atoms with Gasteiger partial charge in [-0.2, -0.15) is 0 Å². The number of amides is 1. The molecule has 122 valence electrons. The molecular formula is C14H19Cl2N3O3. The highest BCUT2D eigenvalue weighted by molar-refractivity contribution is 6.32. The van der Waals surface area contributed by atoms with E-state index >= 15 is 0 Å². The quantitative estimate of drug-likeness (QED) is 0.782. The van der Waals surface area contributed by atoms with Crippen molar-refractivity contribution in [2.45, 2.75) is 45.3 Å². The molecule has 0 unspecified atom stereocenters. The molecule has 0 N–H and O–H groups in total. The molecule has 1 aromatic heterocycles. The van der Waals surface area contributed by atoms with Crippen molar-refractivity contribution in [1.82, 2.24) is 14.5 Å². The number of ether oxygens (including phenoxy) is 1. The van der Waals surface area contributed by atoms with Crippen molar-refractivity contribution in [1.29, 1.82) is 0 Å². The molecule has 1 amide bonds. The topological polar surface area (TPSA) is 64.4 Å². The maximum atomic E-state index is 12.0. The van der Waals surface area contributed by atoms with E-state index in [0.29, 0.717) is 25.9 Å². The number of carbonyl (C=O) groups excluding carboxylic acids is 1. The molecule has 2 heterocycles. The van der Waals surface area contributed by atoms with Gasteiger partial charge in [0.2, 0.25) is 0 Å². The van der Waals surface area contributed by atoms with Gasteiger partial charge in [-0.25, -0.2) is 9.78 Å². The van der Waals surface area contributed by atoms with Crippen LogP contribution in [-0.4, -0.2) is 39.2 Å². The largest absolute Gasteiger partial charge is 0.444 e. The molecule has 2 rings (SSSR count). The van der Waals surface area contributed by atoms with Crippen molar-refractivity contribution in [3.8, 4) is 0 Å². The standard InChI is InChI=1S/C14H19Cl2N3O3/c1-14(2,3)22-13(21)18-6-4-9(5-7-18)19-8-10(15)17-11(16)12(19)20/h8-9H,4-7H2,1-3H3. The van der Waals surface area contributed by atoms with Crippen LogP contribution in [0.25, 0.3) is 0 Å². The normalized spacial score (nSPS) is 16.7. The number of hydrogen-bond donors (Lipinski definition) is 0. The molecule has 1 aliphatic rings. The van der Waals surface area contributed by atoms with Crippen LogP contribution in [0.1, 0.15) is 39.7 Å². The van der Waals surface area contributed by atoms with Crippen molar-refractivity contribution in [2.75, 3.05) is 13.1 Å². The maximum Gasteiger partial charge on any atom is 0.410 e. The second-order valence-electron chi connectivity index (χ2n) is 6.27. The van der Waals surface area contributed by atoms with E-state index in [9.17, 15) is 9.59 Å². The van der Waals surface area contributed by atoms with Gasteiger partial charge < -0.3 is 14.2 Å². The minimum atomic E-state index is -0.517. The van der Waals surface area contributed by atoms with Crippen LogP contribution in [-0.2, 0) is 4.74 Å². The number of nitrogens with zero attached hydrogens (tertiary/aromatic N) is 3. The zero-order valence-electron chi connectivity index (χ0n) is 12.8. The van der Waals surface area contributed by atoms with Gasteiger partial charge >= 0.3 is 6.09 Å². The monoisotopic (exact) mass is 347 g/mol. The van der Waals surface area contributed by atoms with E-state index in [4.69, 9.17) is 27.9 Å². The fourth-order valence-electron chi connectivity index (χ4n) is 2.37. The minimum Gasteiger partial charge on any atom is -0.444 e. The fraction of sp³-hybridized carbons (Fsp3) is 0.643. The highest BCUT2D eigenvalue weighted by atomic mass is 35.5. The molecule has 0 atom stereocenters. The summed E-state index contributed by atoms with van der Waals surface area (Å²) in [6, 6.07) is -0.0517. The number of aromatic nitrogens is 2. The lowest BCUT2D eigenvalue weighted by Gasteiger charge is -2.34. The summed E-state index contributed by atoms with van der Waals surface area (Å²) in [7, 11) is 0. The van der Waals surface area contributed by atoms with Gasteiger partial charge in [0, 0.05) is 25.3 Å². The van der Waals surface area contributed by atoms with Crippen LogP contribution in [0.2, 0.25) is 10.3 Å². The Bertz CT molecular complexity index is 617. The first-order valence-electron chi connectivity index (χ1n) is 7.09. The number of piperidine rings is 1. The van der Waals surface area contributed by atoms with Gasteiger partial charge in [0.15, 0.2) is 5.15 Å². The highest BCUT2D eigenvalue weighted by Gasteiger charge is 2.28. The molecule has 0 saturated carbocycles. The summed E-state index contributed by atoms with van der Waals surface area (Å²) in [6.45, 7) is 6.53. The molecular weight excluding hydrogens is 329 g/mol. The SMILES string of the molecule is CC(C)(C)OC(=O)N1CCC(n2cc(Cl)nc(Cl)c2=O)CC1. The molecule has 1 fully saturated rings. The summed E-state index contributed by atoms with van der Waals surface area (Å²) in [5, 5.41) is 0.0428. The molecule has 1 aromatic rings. The average Bonchev–Trinajstić information content (AvgIpc) is 2.41. The summed E-state index contributed by atoms with van der Waals surface area (Å²) < 4.78 is 6.85. The molecule has 1 saturated heterocycles. The van der Waals surface area contributed by atoms with E-state index in [1.54, 1.807) is 4.90 Å². The molecule has 6 nitrogen and oxygen atoms in total. The van der Waals surface area contributed by atoms with E-state index in [1.165, 1.54) is 10.8 Å². The van der Waals surface area contributed by atoms with Crippen molar-refractivity contribution in [2.24, 2.45) is 0 Å². The predicted octanol–water partition coefficient (Wildman–Crippen LogP) is 3.12. The summed E-state index contributed by atoms with van der Waals surface area (Å²) in [5.41, 5.74) is -0.876. The van der Waals surface area contributed by atoms with E-state index in [1.807, 2.05) is 20.8 Å². The lowest BCUT2D eigenvalue weighted by atomic mass is 10.1. The van der Waals surface area contributed by atoms with Gasteiger partial charge in [-0.1, -0.05) is 23.2 Å². The Kier molecular flexibility index (Phi) is 5.02. The zero-order chi connectivity index (χ0) is 16.5. The van der Waals surface area contributed by atoms with Gasteiger partial charge in [-0.3, -0.25) is 4.79 Å². The second-order valence-corrected chi connectivity index (χ2v) is 7.01. The summed E-state index contributed by atoms with van der Waals surface area (Å²) in [4.78, 5) is 29.4. The minimum absolute atomic E-state index is 0.0517. The first kappa shape index (κ1) is 17.1. The van der Waals surface area contributed by atoms with Gasteiger partial charge in [0.05, 0.1) is 0 Å². The summed E-state index contributed by atoms with van der Waals surface area (Å²) in [5.74, 6) is 0. The Morgan fingerprint density at radius 2 is 1.91 bits per heavy atom. The molecule has 0 spiro atoms. The Balaban J connectivity index is 2.04. The van der Waals surface area contributed by atoms with Crippen molar-refractivity contribution in [3.63, 3.8) is 0 Å². The lowest BCUT2D eigenvalue weighted by Crippen LogP contribution is -2.43. The zero-order valence-corrected chi connectivity index (χ0v) is 14.3. The molecule has 0 radical (unpaired) electrons. The van der Waals surface area contributed by atoms with Gasteiger partial charge in [-0.15, -0.1) is 0 Å². The van der Waals surface area contributed by atoms with E-state index in [-0.39, 0.29) is 28.0 Å². The Hall–Kier alpha value is -1.27. The Morgan fingerprint density at radius 3 is 2.45 bits per heavy atom. The lowest BCUT2D eigenvalue weighted by molar-refractivity contribution is 0.0187. The Labute approximate surface area is 139 Å². The van der Waals surface area contributed by atoms with Gasteiger partial charge in [0.1, 0.15) is 10.8 Å².